The minimum absolute atomic E-state index is 0.00310. The number of hydrogen-bond acceptors (Lipinski definition) is 3. The van der Waals surface area contributed by atoms with Gasteiger partial charge in [0.25, 0.3) is 0 Å². The molecule has 4 heteroatoms. The van der Waals surface area contributed by atoms with Crippen LogP contribution < -0.4 is 5.73 Å². The largest absolute Gasteiger partial charge is 0.338 e. The first-order valence-electron chi connectivity index (χ1n) is 9.87. The fourth-order valence-corrected chi connectivity index (χ4v) is 4.51. The lowest BCUT2D eigenvalue weighted by molar-refractivity contribution is -0.137. The highest BCUT2D eigenvalue weighted by Crippen LogP contribution is 2.26. The average molecular weight is 344 g/mol. The molecular formula is C21H33N3O. The first kappa shape index (κ1) is 18.4. The molecule has 2 heterocycles. The lowest BCUT2D eigenvalue weighted by atomic mass is 9.89. The van der Waals surface area contributed by atoms with E-state index in [1.807, 2.05) is 0 Å². The summed E-state index contributed by atoms with van der Waals surface area (Å²) < 4.78 is 0. The van der Waals surface area contributed by atoms with Gasteiger partial charge in [-0.05, 0) is 76.6 Å². The van der Waals surface area contributed by atoms with E-state index in [0.29, 0.717) is 24.4 Å². The Morgan fingerprint density at radius 2 is 1.88 bits per heavy atom. The van der Waals surface area contributed by atoms with Gasteiger partial charge in [-0.15, -0.1) is 0 Å². The van der Waals surface area contributed by atoms with E-state index >= 15 is 0 Å². The second kappa shape index (κ2) is 8.33. The maximum atomic E-state index is 12.9. The number of nitrogens with zero attached hydrogens (tertiary/aromatic N) is 2. The Hall–Kier alpha value is -1.39. The van der Waals surface area contributed by atoms with Crippen molar-refractivity contribution in [2.24, 2.45) is 17.6 Å². The average Bonchev–Trinajstić information content (AvgIpc) is 3.03. The minimum Gasteiger partial charge on any atom is -0.338 e. The molecule has 3 unspecified atom stereocenters. The van der Waals surface area contributed by atoms with Crippen molar-refractivity contribution in [1.82, 2.24) is 9.80 Å². The molecule has 2 N–H and O–H groups in total. The third-order valence-corrected chi connectivity index (χ3v) is 6.20. The van der Waals surface area contributed by atoms with Crippen molar-refractivity contribution >= 4 is 5.91 Å². The maximum absolute atomic E-state index is 12.9. The summed E-state index contributed by atoms with van der Waals surface area (Å²) in [6.07, 6.45) is 4.59. The van der Waals surface area contributed by atoms with Crippen LogP contribution in [-0.4, -0.2) is 54.0 Å². The van der Waals surface area contributed by atoms with Crippen molar-refractivity contribution in [2.75, 3.05) is 26.2 Å². The summed E-state index contributed by atoms with van der Waals surface area (Å²) in [5.41, 5.74) is 7.24. The fraction of sp³-hybridized carbons (Fsp3) is 0.667. The van der Waals surface area contributed by atoms with E-state index < -0.39 is 0 Å². The summed E-state index contributed by atoms with van der Waals surface area (Å²) in [6, 6.07) is 11.1. The lowest BCUT2D eigenvalue weighted by Gasteiger charge is -2.37. The van der Waals surface area contributed by atoms with Crippen molar-refractivity contribution in [1.29, 1.82) is 0 Å². The van der Waals surface area contributed by atoms with Gasteiger partial charge in [0.1, 0.15) is 0 Å². The quantitative estimate of drug-likeness (QED) is 0.894. The first-order chi connectivity index (χ1) is 12.1. The predicted molar refractivity (Wildman–Crippen MR) is 102 cm³/mol. The molecule has 0 radical (unpaired) electrons. The van der Waals surface area contributed by atoms with E-state index in [-0.39, 0.29) is 6.04 Å². The van der Waals surface area contributed by atoms with Gasteiger partial charge in [-0.3, -0.25) is 9.69 Å². The van der Waals surface area contributed by atoms with Crippen LogP contribution in [0.25, 0.3) is 0 Å². The van der Waals surface area contributed by atoms with E-state index in [2.05, 4.69) is 54.0 Å². The van der Waals surface area contributed by atoms with E-state index in [0.717, 1.165) is 32.0 Å². The molecule has 1 amide bonds. The van der Waals surface area contributed by atoms with Gasteiger partial charge >= 0.3 is 0 Å². The molecule has 4 nitrogen and oxygen atoms in total. The molecule has 2 aliphatic heterocycles. The van der Waals surface area contributed by atoms with Crippen LogP contribution in [0.1, 0.15) is 38.7 Å². The van der Waals surface area contributed by atoms with Crippen molar-refractivity contribution in [2.45, 2.75) is 51.6 Å². The van der Waals surface area contributed by atoms with Crippen LogP contribution in [0, 0.1) is 11.8 Å². The third kappa shape index (κ3) is 4.42. The van der Waals surface area contributed by atoms with Crippen LogP contribution in [0.5, 0.6) is 0 Å². The van der Waals surface area contributed by atoms with Gasteiger partial charge in [0, 0.05) is 12.6 Å². The topological polar surface area (TPSA) is 49.6 Å². The Morgan fingerprint density at radius 1 is 1.20 bits per heavy atom. The molecule has 1 aromatic rings. The number of amides is 1. The van der Waals surface area contributed by atoms with Gasteiger partial charge in [-0.25, -0.2) is 0 Å². The molecule has 0 spiro atoms. The summed E-state index contributed by atoms with van der Waals surface area (Å²) in [7, 11) is 0. The number of carbonyl (C=O) groups is 1. The Bertz CT molecular complexity index is 554. The van der Waals surface area contributed by atoms with Crippen LogP contribution in [0.2, 0.25) is 0 Å². The zero-order chi connectivity index (χ0) is 17.8. The number of nitrogens with two attached hydrogens (primary N) is 1. The highest BCUT2D eigenvalue weighted by Gasteiger charge is 2.36. The number of likely N-dealkylation sites (tertiary alicyclic amines) is 2. The van der Waals surface area contributed by atoms with E-state index in [1.54, 1.807) is 0 Å². The molecule has 0 aromatic heterocycles. The Kier molecular flexibility index (Phi) is 6.13. The summed E-state index contributed by atoms with van der Waals surface area (Å²) in [6.45, 7) is 7.84. The van der Waals surface area contributed by atoms with Crippen LogP contribution >= 0.6 is 0 Å². The third-order valence-electron chi connectivity index (χ3n) is 6.20. The fourth-order valence-electron chi connectivity index (χ4n) is 4.51. The first-order valence-corrected chi connectivity index (χ1v) is 9.87. The number of piperidine rings is 1. The van der Waals surface area contributed by atoms with E-state index in [4.69, 9.17) is 5.73 Å². The van der Waals surface area contributed by atoms with Crippen molar-refractivity contribution in [3.8, 4) is 0 Å². The Balaban J connectivity index is 1.49. The van der Waals surface area contributed by atoms with Gasteiger partial charge in [0.2, 0.25) is 5.91 Å². The number of rotatable bonds is 5. The van der Waals surface area contributed by atoms with Gasteiger partial charge in [-0.2, -0.15) is 0 Å². The molecule has 0 bridgehead atoms. The summed E-state index contributed by atoms with van der Waals surface area (Å²) >= 11 is 0. The van der Waals surface area contributed by atoms with Crippen LogP contribution in [0.4, 0.5) is 0 Å². The zero-order valence-electron chi connectivity index (χ0n) is 15.7. The Morgan fingerprint density at radius 3 is 2.48 bits per heavy atom. The highest BCUT2D eigenvalue weighted by atomic mass is 16.2. The molecule has 1 aromatic carbocycles. The maximum Gasteiger partial charge on any atom is 0.239 e. The molecule has 25 heavy (non-hydrogen) atoms. The smallest absolute Gasteiger partial charge is 0.239 e. The van der Waals surface area contributed by atoms with Crippen molar-refractivity contribution < 1.29 is 4.79 Å². The number of hydrogen-bond donors (Lipinski definition) is 1. The molecule has 0 saturated carbocycles. The van der Waals surface area contributed by atoms with Crippen molar-refractivity contribution in [3.63, 3.8) is 0 Å². The highest BCUT2D eigenvalue weighted by molar-refractivity contribution is 5.82. The van der Waals surface area contributed by atoms with Gasteiger partial charge in [0.15, 0.2) is 0 Å². The summed E-state index contributed by atoms with van der Waals surface area (Å²) in [5.74, 6) is 1.51. The Labute approximate surface area is 152 Å². The van der Waals surface area contributed by atoms with Gasteiger partial charge in [0.05, 0.1) is 6.04 Å². The predicted octanol–water partition coefficient (Wildman–Crippen LogP) is 2.53. The molecule has 2 saturated heterocycles. The summed E-state index contributed by atoms with van der Waals surface area (Å²) in [5, 5.41) is 0. The molecule has 2 aliphatic rings. The zero-order valence-corrected chi connectivity index (χ0v) is 15.7. The number of carbonyl (C=O) groups excluding carboxylic acids is 1. The van der Waals surface area contributed by atoms with E-state index in [9.17, 15) is 4.79 Å². The van der Waals surface area contributed by atoms with Gasteiger partial charge in [-0.1, -0.05) is 30.3 Å². The molecular weight excluding hydrogens is 310 g/mol. The lowest BCUT2D eigenvalue weighted by Crippen LogP contribution is -2.50. The van der Waals surface area contributed by atoms with Gasteiger partial charge < -0.3 is 10.6 Å². The molecule has 138 valence electrons. The molecule has 3 rings (SSSR count). The molecule has 2 fully saturated rings. The van der Waals surface area contributed by atoms with E-state index in [1.165, 1.54) is 24.8 Å². The monoisotopic (exact) mass is 343 g/mol. The molecule has 3 atom stereocenters. The van der Waals surface area contributed by atoms with Crippen LogP contribution in [-0.2, 0) is 11.2 Å². The minimum atomic E-state index is -0.00310. The summed E-state index contributed by atoms with van der Waals surface area (Å²) in [4.78, 5) is 17.4. The van der Waals surface area contributed by atoms with Crippen LogP contribution in [0.3, 0.4) is 0 Å². The second-order valence-electron chi connectivity index (χ2n) is 8.02. The second-order valence-corrected chi connectivity index (χ2v) is 8.02. The number of benzene rings is 1. The van der Waals surface area contributed by atoms with Crippen LogP contribution in [0.15, 0.2) is 30.3 Å². The standard InChI is InChI=1S/C21H33N3O/c1-16-12-20(14-22)15-24(16)21(25)17(2)23-10-8-19(9-11-23)13-18-6-4-3-5-7-18/h3-7,16-17,19-20H,8-15,22H2,1-2H3. The normalized spacial score (nSPS) is 26.8. The van der Waals surface area contributed by atoms with Crippen molar-refractivity contribution in [3.05, 3.63) is 35.9 Å². The molecule has 0 aliphatic carbocycles. The SMILES string of the molecule is CC(C(=O)N1CC(CN)CC1C)N1CCC(Cc2ccccc2)CC1.